The minimum absolute atomic E-state index is 0.198. The fourth-order valence-corrected chi connectivity index (χ4v) is 2.51. The maximum atomic E-state index is 14.1. The number of rotatable bonds is 4. The Balaban J connectivity index is 2.25. The third-order valence-electron chi connectivity index (χ3n) is 2.73. The van der Waals surface area contributed by atoms with Crippen LogP contribution in [0.1, 0.15) is 27.7 Å². The van der Waals surface area contributed by atoms with E-state index in [4.69, 9.17) is 4.74 Å². The predicted octanol–water partition coefficient (Wildman–Crippen LogP) is 4.47. The van der Waals surface area contributed by atoms with E-state index in [1.807, 2.05) is 20.8 Å². The number of hydrogen-bond donors (Lipinski definition) is 1. The molecule has 0 radical (unpaired) electrons. The van der Waals surface area contributed by atoms with Crippen LogP contribution in [-0.4, -0.2) is 17.5 Å². The molecular weight excluding hydrogens is 322 g/mol. The number of amides is 1. The van der Waals surface area contributed by atoms with Crippen LogP contribution in [0.3, 0.4) is 0 Å². The number of nitrogens with zero attached hydrogens (tertiary/aromatic N) is 1. The lowest BCUT2D eigenvalue weighted by molar-refractivity contribution is -0.114. The molecule has 0 spiro atoms. The van der Waals surface area contributed by atoms with E-state index in [0.717, 1.165) is 0 Å². The van der Waals surface area contributed by atoms with Gasteiger partial charge >= 0.3 is 0 Å². The molecule has 23 heavy (non-hydrogen) atoms. The number of aromatic nitrogens is 1. The van der Waals surface area contributed by atoms with Crippen molar-refractivity contribution in [1.82, 2.24) is 4.98 Å². The van der Waals surface area contributed by atoms with Gasteiger partial charge in [0.25, 0.3) is 0 Å². The summed E-state index contributed by atoms with van der Waals surface area (Å²) in [5, 5.41) is 4.53. The minimum Gasteiger partial charge on any atom is -0.487 e. The second-order valence-corrected chi connectivity index (χ2v) is 7.20. The zero-order valence-corrected chi connectivity index (χ0v) is 14.2. The fourth-order valence-electron chi connectivity index (χ4n) is 1.75. The van der Waals surface area contributed by atoms with Crippen molar-refractivity contribution in [3.05, 3.63) is 29.1 Å². The Morgan fingerprint density at radius 1 is 1.30 bits per heavy atom. The van der Waals surface area contributed by atoms with Crippen LogP contribution >= 0.6 is 11.3 Å². The summed E-state index contributed by atoms with van der Waals surface area (Å²) in [6, 6.07) is 2.35. The van der Waals surface area contributed by atoms with Gasteiger partial charge in [-0.1, -0.05) is 20.8 Å². The van der Waals surface area contributed by atoms with Gasteiger partial charge < -0.3 is 10.1 Å². The van der Waals surface area contributed by atoms with Crippen molar-refractivity contribution in [2.45, 2.75) is 27.7 Å². The Bertz CT molecular complexity index is 700. The van der Waals surface area contributed by atoms with Crippen LogP contribution in [0.4, 0.5) is 13.9 Å². The molecule has 2 aromatic rings. The highest BCUT2D eigenvalue weighted by atomic mass is 32.1. The van der Waals surface area contributed by atoms with Crippen molar-refractivity contribution in [1.29, 1.82) is 0 Å². The summed E-state index contributed by atoms with van der Waals surface area (Å²) in [6.45, 7) is 7.30. The molecule has 0 bridgehead atoms. The topological polar surface area (TPSA) is 51.2 Å². The summed E-state index contributed by atoms with van der Waals surface area (Å²) in [4.78, 5) is 15.1. The Kier molecular flexibility index (Phi) is 4.99. The van der Waals surface area contributed by atoms with E-state index in [1.54, 1.807) is 5.38 Å². The first-order chi connectivity index (χ1) is 10.7. The van der Waals surface area contributed by atoms with Gasteiger partial charge in [-0.25, -0.2) is 13.8 Å². The summed E-state index contributed by atoms with van der Waals surface area (Å²) in [5.74, 6) is -2.20. The normalized spacial score (nSPS) is 11.4. The highest BCUT2D eigenvalue weighted by Gasteiger charge is 2.18. The Morgan fingerprint density at radius 2 is 1.91 bits per heavy atom. The number of benzene rings is 1. The molecule has 1 aromatic heterocycles. The number of anilines is 1. The highest BCUT2D eigenvalue weighted by Crippen LogP contribution is 2.31. The van der Waals surface area contributed by atoms with Crippen molar-refractivity contribution in [2.75, 3.05) is 11.9 Å². The first-order valence-corrected chi connectivity index (χ1v) is 7.89. The first-order valence-electron chi connectivity index (χ1n) is 7.01. The molecule has 2 rings (SSSR count). The third kappa shape index (κ3) is 4.72. The molecule has 0 saturated carbocycles. The average molecular weight is 340 g/mol. The highest BCUT2D eigenvalue weighted by molar-refractivity contribution is 7.14. The number of thiazole rings is 1. The average Bonchev–Trinajstić information content (AvgIpc) is 2.83. The van der Waals surface area contributed by atoms with E-state index < -0.39 is 11.6 Å². The summed E-state index contributed by atoms with van der Waals surface area (Å²) >= 11 is 1.18. The molecular formula is C16H18F2N2O2S. The van der Waals surface area contributed by atoms with Crippen LogP contribution in [0.2, 0.25) is 0 Å². The number of carbonyl (C=O) groups excluding carboxylic acids is 1. The van der Waals surface area contributed by atoms with E-state index >= 15 is 0 Å². The number of nitrogens with one attached hydrogen (secondary N) is 1. The number of carbonyl (C=O) groups is 1. The fraction of sp³-hybridized carbons (Fsp3) is 0.375. The summed E-state index contributed by atoms with van der Waals surface area (Å²) < 4.78 is 33.5. The van der Waals surface area contributed by atoms with Crippen LogP contribution in [0.5, 0.6) is 5.75 Å². The Hall–Kier alpha value is -2.02. The van der Waals surface area contributed by atoms with Gasteiger partial charge in [-0.2, -0.15) is 0 Å². The van der Waals surface area contributed by atoms with Gasteiger partial charge in [0.05, 0.1) is 12.3 Å². The quantitative estimate of drug-likeness (QED) is 0.893. The lowest BCUT2D eigenvalue weighted by Gasteiger charge is -2.19. The lowest BCUT2D eigenvalue weighted by atomic mass is 9.99. The molecule has 0 unspecified atom stereocenters. The smallest absolute Gasteiger partial charge is 0.223 e. The number of halogens is 2. The maximum absolute atomic E-state index is 14.1. The zero-order valence-electron chi connectivity index (χ0n) is 13.4. The molecule has 4 nitrogen and oxygen atoms in total. The van der Waals surface area contributed by atoms with Gasteiger partial charge in [-0.05, 0) is 17.5 Å². The molecule has 7 heteroatoms. The third-order valence-corrected chi connectivity index (χ3v) is 3.49. The van der Waals surface area contributed by atoms with Crippen molar-refractivity contribution in [2.24, 2.45) is 5.41 Å². The summed E-state index contributed by atoms with van der Waals surface area (Å²) in [6.07, 6.45) is 0. The van der Waals surface area contributed by atoms with Gasteiger partial charge in [0.2, 0.25) is 5.91 Å². The first kappa shape index (κ1) is 17.3. The summed E-state index contributed by atoms with van der Waals surface area (Å²) in [7, 11) is 0. The van der Waals surface area contributed by atoms with Crippen molar-refractivity contribution >= 4 is 22.4 Å². The van der Waals surface area contributed by atoms with E-state index in [2.05, 4.69) is 10.3 Å². The molecule has 124 valence electrons. The SMILES string of the molecule is CC(=O)Nc1nc(-c2cc(F)c(OCC(C)(C)C)c(F)c2)cs1. The van der Waals surface area contributed by atoms with Crippen LogP contribution in [0.15, 0.2) is 17.5 Å². The number of hydrogen-bond acceptors (Lipinski definition) is 4. The van der Waals surface area contributed by atoms with Gasteiger partial charge in [-0.3, -0.25) is 4.79 Å². The standard InChI is InChI=1S/C16H18F2N2O2S/c1-9(21)19-15-20-13(7-23-15)10-5-11(17)14(12(18)6-10)22-8-16(2,3)4/h5-7H,8H2,1-4H3,(H,19,20,21). The molecule has 0 aliphatic heterocycles. The minimum atomic E-state index is -0.779. The second kappa shape index (κ2) is 6.62. The largest absolute Gasteiger partial charge is 0.487 e. The predicted molar refractivity (Wildman–Crippen MR) is 86.7 cm³/mol. The molecule has 1 aromatic carbocycles. The van der Waals surface area contributed by atoms with Crippen molar-refractivity contribution in [3.8, 4) is 17.0 Å². The van der Waals surface area contributed by atoms with Crippen LogP contribution < -0.4 is 10.1 Å². The van der Waals surface area contributed by atoms with Crippen molar-refractivity contribution < 1.29 is 18.3 Å². The molecule has 1 N–H and O–H groups in total. The Morgan fingerprint density at radius 3 is 2.43 bits per heavy atom. The molecule has 0 aliphatic carbocycles. The molecule has 0 saturated heterocycles. The van der Waals surface area contributed by atoms with Gasteiger partial charge in [0.15, 0.2) is 22.5 Å². The van der Waals surface area contributed by atoms with Gasteiger partial charge in [0.1, 0.15) is 0 Å². The van der Waals surface area contributed by atoms with Crippen LogP contribution in [0.25, 0.3) is 11.3 Å². The number of ether oxygens (including phenoxy) is 1. The van der Waals surface area contributed by atoms with Crippen LogP contribution in [0, 0.1) is 17.0 Å². The van der Waals surface area contributed by atoms with Gasteiger partial charge in [0, 0.05) is 17.9 Å². The summed E-state index contributed by atoms with van der Waals surface area (Å²) in [5.41, 5.74) is 0.467. The zero-order chi connectivity index (χ0) is 17.2. The van der Waals surface area contributed by atoms with E-state index in [9.17, 15) is 13.6 Å². The molecule has 0 fully saturated rings. The van der Waals surface area contributed by atoms with Crippen LogP contribution in [-0.2, 0) is 4.79 Å². The molecule has 1 amide bonds. The van der Waals surface area contributed by atoms with Gasteiger partial charge in [-0.15, -0.1) is 11.3 Å². The van der Waals surface area contributed by atoms with E-state index in [-0.39, 0.29) is 29.2 Å². The van der Waals surface area contributed by atoms with E-state index in [0.29, 0.717) is 10.8 Å². The molecule has 0 aliphatic rings. The van der Waals surface area contributed by atoms with Crippen molar-refractivity contribution in [3.63, 3.8) is 0 Å². The molecule has 0 atom stereocenters. The second-order valence-electron chi connectivity index (χ2n) is 6.34. The monoisotopic (exact) mass is 340 g/mol. The molecule has 1 heterocycles. The van der Waals surface area contributed by atoms with E-state index in [1.165, 1.54) is 30.4 Å². The lowest BCUT2D eigenvalue weighted by Crippen LogP contribution is -2.18. The Labute approximate surface area is 137 Å². The maximum Gasteiger partial charge on any atom is 0.223 e.